The highest BCUT2D eigenvalue weighted by atomic mass is 32.1. The number of thiophene rings is 1. The van der Waals surface area contributed by atoms with Crippen LogP contribution in [0.2, 0.25) is 0 Å². The van der Waals surface area contributed by atoms with E-state index in [0.29, 0.717) is 90.5 Å². The Balaban J connectivity index is 0.000000136. The number of aliphatic hydroxyl groups excluding tert-OH is 1. The summed E-state index contributed by atoms with van der Waals surface area (Å²) in [5.74, 6) is -8.25. The van der Waals surface area contributed by atoms with Crippen LogP contribution in [0.25, 0.3) is 115 Å². The van der Waals surface area contributed by atoms with E-state index in [0.717, 1.165) is 17.7 Å². The summed E-state index contributed by atoms with van der Waals surface area (Å²) in [4.78, 5) is 73.7. The average Bonchev–Trinajstić information content (AvgIpc) is 1.67. The molecule has 1 fully saturated rings. The number of hydrogen-bond donors (Lipinski definition) is 12. The third-order valence-electron chi connectivity index (χ3n) is 21.1. The van der Waals surface area contributed by atoms with Gasteiger partial charge in [-0.15, -0.1) is 11.3 Å². The smallest absolute Gasteiger partial charge is 0.254 e. The predicted molar refractivity (Wildman–Crippen MR) is 502 cm³/mol. The highest BCUT2D eigenvalue weighted by molar-refractivity contribution is 7.09. The van der Waals surface area contributed by atoms with Gasteiger partial charge in [-0.2, -0.15) is 25.5 Å². The van der Waals surface area contributed by atoms with Gasteiger partial charge in [-0.25, -0.2) is 43.9 Å². The molecule has 136 heavy (non-hydrogen) atoms. The molecular weight excluding hydrogens is 1790 g/mol. The molecule has 10 aromatic carbocycles. The van der Waals surface area contributed by atoms with Gasteiger partial charge in [-0.05, 0) is 229 Å². The minimum Gasteiger partial charge on any atom is -0.467 e. The molecule has 13 N–H and O–H groups in total. The van der Waals surface area contributed by atoms with Crippen molar-refractivity contribution in [3.63, 3.8) is 0 Å². The number of furan rings is 1. The van der Waals surface area contributed by atoms with Crippen molar-refractivity contribution in [1.29, 1.82) is 0 Å². The van der Waals surface area contributed by atoms with Gasteiger partial charge >= 0.3 is 0 Å². The highest BCUT2D eigenvalue weighted by Gasteiger charge is 2.29. The molecule has 7 heterocycles. The Hall–Kier alpha value is -16.7. The van der Waals surface area contributed by atoms with Gasteiger partial charge in [0.1, 0.15) is 70.0 Å². The molecule has 0 saturated heterocycles. The van der Waals surface area contributed by atoms with Gasteiger partial charge in [0.2, 0.25) is 5.91 Å². The van der Waals surface area contributed by atoms with Crippen LogP contribution in [0.5, 0.6) is 0 Å². The van der Waals surface area contributed by atoms with E-state index >= 15 is 13.2 Å². The minimum atomic E-state index is -0.940. The lowest BCUT2D eigenvalue weighted by Gasteiger charge is -2.20. The van der Waals surface area contributed by atoms with Gasteiger partial charge in [-0.3, -0.25) is 54.3 Å². The molecule has 690 valence electrons. The number of halogens is 10. The summed E-state index contributed by atoms with van der Waals surface area (Å²) in [5, 5.41) is 59.4. The number of nitrogens with one attached hydrogen (secondary N) is 10. The molecule has 17 aromatic rings. The molecule has 0 spiro atoms. The number of rotatable bonds is 25. The Kier molecular flexibility index (Phi) is 30.9. The summed E-state index contributed by atoms with van der Waals surface area (Å²) in [6.07, 6.45) is 19.3. The maximum atomic E-state index is 15.1. The van der Waals surface area contributed by atoms with Crippen molar-refractivity contribution in [2.24, 2.45) is 11.7 Å². The number of aromatic nitrogens is 10. The van der Waals surface area contributed by atoms with E-state index in [1.54, 1.807) is 152 Å². The minimum absolute atomic E-state index is 0.000528. The van der Waals surface area contributed by atoms with Crippen molar-refractivity contribution in [3.05, 3.63) is 371 Å². The third kappa shape index (κ3) is 24.0. The number of nitrogens with zero attached hydrogens (tertiary/aromatic N) is 5. The molecule has 1 aliphatic carbocycles. The highest BCUT2D eigenvalue weighted by Crippen LogP contribution is 2.32. The molecule has 1 saturated carbocycles. The van der Waals surface area contributed by atoms with Crippen molar-refractivity contribution < 1.29 is 82.2 Å². The summed E-state index contributed by atoms with van der Waals surface area (Å²) in [6, 6.07) is 50.8. The first-order valence-electron chi connectivity index (χ1n) is 42.1. The molecule has 1 aliphatic rings. The van der Waals surface area contributed by atoms with E-state index < -0.39 is 82.4 Å². The van der Waals surface area contributed by atoms with Crippen LogP contribution >= 0.6 is 11.3 Å². The van der Waals surface area contributed by atoms with Crippen LogP contribution in [0.3, 0.4) is 0 Å². The zero-order chi connectivity index (χ0) is 96.2. The van der Waals surface area contributed by atoms with Crippen molar-refractivity contribution in [2.75, 3.05) is 6.61 Å². The van der Waals surface area contributed by atoms with E-state index in [2.05, 4.69) is 77.6 Å². The predicted octanol–water partition coefficient (Wildman–Crippen LogP) is 19.8. The largest absolute Gasteiger partial charge is 0.467 e. The van der Waals surface area contributed by atoms with E-state index in [-0.39, 0.29) is 109 Å². The van der Waals surface area contributed by atoms with Gasteiger partial charge in [-0.1, -0.05) is 111 Å². The number of carbonyl (C=O) groups excluding carboxylic acids is 6. The first-order chi connectivity index (χ1) is 65.6. The Morgan fingerprint density at radius 1 is 0.397 bits per heavy atom. The van der Waals surface area contributed by atoms with Crippen molar-refractivity contribution in [3.8, 4) is 0 Å². The van der Waals surface area contributed by atoms with E-state index in [1.807, 2.05) is 31.4 Å². The van der Waals surface area contributed by atoms with Gasteiger partial charge in [0, 0.05) is 10.9 Å². The number of fused-ring (bicyclic) bond motifs is 5. The average molecular weight is 1870 g/mol. The first-order valence-corrected chi connectivity index (χ1v) is 42.9. The number of hydrogen-bond acceptors (Lipinski definition) is 14. The number of benzene rings is 10. The van der Waals surface area contributed by atoms with E-state index in [4.69, 9.17) is 10.2 Å². The fraction of sp³-hybridized carbons (Fsp3) is 0.119. The summed E-state index contributed by atoms with van der Waals surface area (Å²) < 4.78 is 147. The number of aromatic amines is 5. The number of primary amides is 1. The summed E-state index contributed by atoms with van der Waals surface area (Å²) in [7, 11) is 0. The molecule has 2 atom stereocenters. The van der Waals surface area contributed by atoms with Gasteiger partial charge in [0.05, 0.1) is 143 Å². The third-order valence-corrected chi connectivity index (χ3v) is 22.0. The maximum Gasteiger partial charge on any atom is 0.254 e. The van der Waals surface area contributed by atoms with E-state index in [9.17, 15) is 64.6 Å². The molecule has 18 rings (SSSR count). The quantitative estimate of drug-likeness (QED) is 0.0237. The molecule has 0 aliphatic heterocycles. The second-order valence-corrected chi connectivity index (χ2v) is 32.1. The molecule has 24 nitrogen and oxygen atoms in total. The van der Waals surface area contributed by atoms with E-state index in [1.165, 1.54) is 128 Å². The number of H-pyrrole nitrogens is 5. The van der Waals surface area contributed by atoms with Crippen molar-refractivity contribution in [1.82, 2.24) is 77.6 Å². The van der Waals surface area contributed by atoms with Gasteiger partial charge in [0.15, 0.2) is 0 Å². The Labute approximate surface area is 771 Å². The summed E-state index contributed by atoms with van der Waals surface area (Å²) in [6.45, 7) is 5.37. The van der Waals surface area contributed by atoms with Crippen LogP contribution in [0, 0.1) is 64.1 Å². The van der Waals surface area contributed by atoms with Crippen LogP contribution in [0.4, 0.5) is 43.9 Å². The molecular formula is C101H82F10N16O8S. The number of aliphatic hydroxyl groups is 1. The molecule has 35 heteroatoms. The number of amides is 6. The van der Waals surface area contributed by atoms with Crippen LogP contribution < -0.4 is 32.3 Å². The lowest BCUT2D eigenvalue weighted by atomic mass is 10.0. The first kappa shape index (κ1) is 95.4. The zero-order valence-corrected chi connectivity index (χ0v) is 73.0. The van der Waals surface area contributed by atoms with Crippen LogP contribution in [-0.2, 0) is 17.9 Å². The lowest BCUT2D eigenvalue weighted by molar-refractivity contribution is -0.119. The molecule has 0 radical (unpaired) electrons. The normalized spacial score (nSPS) is 12.4. The van der Waals surface area contributed by atoms with Gasteiger partial charge < -0.3 is 41.8 Å². The second kappa shape index (κ2) is 44.0. The number of carbonyl (C=O) groups is 6. The lowest BCUT2D eigenvalue weighted by Crippen LogP contribution is -2.42. The Morgan fingerprint density at radius 3 is 0.993 bits per heavy atom. The van der Waals surface area contributed by atoms with Crippen LogP contribution in [0.1, 0.15) is 152 Å². The molecule has 6 amide bonds. The molecule has 0 unspecified atom stereocenters. The standard InChI is InChI=1S/C21H15F2N3O2.C21H21F2N3O2.C21H15F2N3OS.C19H16F2N4O2.C19H15F2N3O/c22-14-4-1-3-13(11-14)6-8-17-19-18(26-25-17)9-7-16(20(19)23)21(27)24-12-15-5-2-10-28-15;1-12(2)18(11-27)24-21(28)15-7-9-17-19(20(15)23)16(25-26-17)8-6-13-4-3-5-14(22)10-13;22-14-4-1-3-13(11-14)6-8-17-19-18(26-25-17)9-7-16(20(19)23)21(27)24-12-15-5-2-10-28-15;1-10(18(22)26)23-19(27)13-6-8-15-16(17(13)21)14(24-25-15)7-5-11-3-2-4-12(20)9-11;20-12-3-1-2-11(10-12)4-8-15-17-16(24-23-15)9-7-14(18(17)21)19(25)22-13-5-6-13/h1-11H,12H2,(H,24,27)(H,25,26);3-10,12,18,27H,11H2,1-2H3,(H,24,28)(H,25,26);1-11H,12H2,(H,24,27)(H,25,26);2-10H,1H3,(H2,22,26)(H,23,27)(H,24,25);1-4,7-10,13H,5-6H2,(H,22,25)(H,23,24)/b3*8-6+;7-5+;8-4+/t;18-;;10-;/m.1.0./s1. The number of nitrogens with two attached hydrogens (primary N) is 1. The van der Waals surface area contributed by atoms with Crippen molar-refractivity contribution >= 4 is 162 Å². The van der Waals surface area contributed by atoms with Gasteiger partial charge in [0.25, 0.3) is 29.5 Å². The van der Waals surface area contributed by atoms with Crippen molar-refractivity contribution in [2.45, 2.75) is 64.8 Å². The maximum absolute atomic E-state index is 15.1. The topological polar surface area (TPSA) is 365 Å². The van der Waals surface area contributed by atoms with Crippen LogP contribution in [0.15, 0.2) is 222 Å². The van der Waals surface area contributed by atoms with Crippen LogP contribution in [-0.4, -0.2) is 116 Å². The SMILES string of the molecule is CC(C)[C@@H](CO)NC(=O)c1ccc2[nH]nc(/C=C/c3cccc(F)c3)c2c1F.C[C@H](NC(=O)c1ccc2[nH]nc(/C=C/c3cccc(F)c3)c2c1F)C(N)=O.O=C(NC1CC1)c1ccc2[nH]nc(/C=C/c3cccc(F)c3)c2c1F.O=C(NCc1ccco1)c1ccc2[nH]nc(/C=C/c3cccc(F)c3)c2c1F.O=C(NCc1cccs1)c1ccc2[nH]nc(/C=C/c3cccc(F)c3)c2c1F. The summed E-state index contributed by atoms with van der Waals surface area (Å²) >= 11 is 1.52. The summed E-state index contributed by atoms with van der Waals surface area (Å²) in [5.41, 5.74) is 11.5. The fourth-order valence-corrected chi connectivity index (χ4v) is 14.4. The zero-order valence-electron chi connectivity index (χ0n) is 72.2. The fourth-order valence-electron chi connectivity index (χ4n) is 13.7. The Bertz CT molecular complexity index is 7240. The molecule has 0 bridgehead atoms. The monoisotopic (exact) mass is 1870 g/mol. The molecule has 7 aromatic heterocycles. The Morgan fingerprint density at radius 2 is 0.713 bits per heavy atom. The second-order valence-electron chi connectivity index (χ2n) is 31.1.